The Balaban J connectivity index is 1.69. The summed E-state index contributed by atoms with van der Waals surface area (Å²) in [5, 5.41) is 14.3. The van der Waals surface area contributed by atoms with Gasteiger partial charge in [-0.05, 0) is 13.8 Å². The second-order valence-corrected chi connectivity index (χ2v) is 6.63. The molecule has 1 aliphatic rings. The summed E-state index contributed by atoms with van der Waals surface area (Å²) in [5.41, 5.74) is 2.99. The van der Waals surface area contributed by atoms with Gasteiger partial charge < -0.3 is 10.0 Å². The highest BCUT2D eigenvalue weighted by Crippen LogP contribution is 2.24. The Hall–Kier alpha value is -1.73. The van der Waals surface area contributed by atoms with E-state index in [1.807, 2.05) is 18.7 Å². The number of fused-ring (bicyclic) bond motifs is 1. The first-order valence-corrected chi connectivity index (χ1v) is 7.75. The van der Waals surface area contributed by atoms with Gasteiger partial charge in [0.15, 0.2) is 0 Å². The molecule has 0 unspecified atom stereocenters. The molecule has 0 spiro atoms. The predicted octanol–water partition coefficient (Wildman–Crippen LogP) is 1.03. The first-order chi connectivity index (χ1) is 10.1. The second-order valence-electron chi connectivity index (χ2n) is 5.23. The zero-order valence-electron chi connectivity index (χ0n) is 12.2. The monoisotopic (exact) mass is 306 g/mol. The van der Waals surface area contributed by atoms with Gasteiger partial charge in [-0.1, -0.05) is 0 Å². The summed E-state index contributed by atoms with van der Waals surface area (Å²) in [4.78, 5) is 19.8. The standard InChI is InChI=1S/C14H18N4O2S/c1-9-12(16-10(2)21-9)5-14(20)17-7-11-6-15-18(3-4-19)13(11)8-17/h6,19H,3-5,7-8H2,1-2H3. The lowest BCUT2D eigenvalue weighted by Gasteiger charge is -2.15. The van der Waals surface area contributed by atoms with Gasteiger partial charge in [0.05, 0.1) is 48.7 Å². The smallest absolute Gasteiger partial charge is 0.229 e. The summed E-state index contributed by atoms with van der Waals surface area (Å²) in [7, 11) is 0. The topological polar surface area (TPSA) is 71.2 Å². The van der Waals surface area contributed by atoms with Crippen molar-refractivity contribution in [1.82, 2.24) is 19.7 Å². The third kappa shape index (κ3) is 2.71. The lowest BCUT2D eigenvalue weighted by Crippen LogP contribution is -2.28. The van der Waals surface area contributed by atoms with E-state index in [-0.39, 0.29) is 12.5 Å². The molecule has 0 radical (unpaired) electrons. The van der Waals surface area contributed by atoms with Crippen molar-refractivity contribution in [2.75, 3.05) is 6.61 Å². The Morgan fingerprint density at radius 2 is 2.24 bits per heavy atom. The van der Waals surface area contributed by atoms with Gasteiger partial charge >= 0.3 is 0 Å². The van der Waals surface area contributed by atoms with Crippen molar-refractivity contribution in [2.45, 2.75) is 39.9 Å². The average molecular weight is 306 g/mol. The Morgan fingerprint density at radius 1 is 1.43 bits per heavy atom. The van der Waals surface area contributed by atoms with E-state index >= 15 is 0 Å². The molecule has 6 nitrogen and oxygen atoms in total. The zero-order valence-corrected chi connectivity index (χ0v) is 13.0. The van der Waals surface area contributed by atoms with Crippen LogP contribution in [0.1, 0.15) is 26.8 Å². The van der Waals surface area contributed by atoms with Crippen LogP contribution >= 0.6 is 11.3 Å². The minimum Gasteiger partial charge on any atom is -0.394 e. The third-order valence-electron chi connectivity index (χ3n) is 3.72. The van der Waals surface area contributed by atoms with E-state index in [2.05, 4.69) is 10.1 Å². The predicted molar refractivity (Wildman–Crippen MR) is 78.9 cm³/mol. The van der Waals surface area contributed by atoms with Gasteiger partial charge in [0.1, 0.15) is 0 Å². The van der Waals surface area contributed by atoms with Crippen molar-refractivity contribution < 1.29 is 9.90 Å². The van der Waals surface area contributed by atoms with Crippen LogP contribution in [0.15, 0.2) is 6.20 Å². The normalized spacial score (nSPS) is 13.8. The summed E-state index contributed by atoms with van der Waals surface area (Å²) in [6.45, 7) is 5.66. The van der Waals surface area contributed by atoms with Crippen LogP contribution in [0.5, 0.6) is 0 Å². The van der Waals surface area contributed by atoms with Crippen molar-refractivity contribution in [2.24, 2.45) is 0 Å². The van der Waals surface area contributed by atoms with Gasteiger partial charge in [-0.2, -0.15) is 5.10 Å². The van der Waals surface area contributed by atoms with Crippen LogP contribution in [0.3, 0.4) is 0 Å². The van der Waals surface area contributed by atoms with E-state index in [1.165, 1.54) is 0 Å². The number of aliphatic hydroxyl groups excluding tert-OH is 1. The fraction of sp³-hybridized carbons (Fsp3) is 0.500. The van der Waals surface area contributed by atoms with Crippen LogP contribution in [0.2, 0.25) is 0 Å². The number of thiazole rings is 1. The molecule has 2 aromatic heterocycles. The molecule has 3 rings (SSSR count). The van der Waals surface area contributed by atoms with Crippen molar-refractivity contribution in [1.29, 1.82) is 0 Å². The molecule has 112 valence electrons. The molecular formula is C14H18N4O2S. The maximum absolute atomic E-state index is 12.4. The highest BCUT2D eigenvalue weighted by atomic mass is 32.1. The van der Waals surface area contributed by atoms with E-state index in [0.29, 0.717) is 26.1 Å². The maximum Gasteiger partial charge on any atom is 0.229 e. The van der Waals surface area contributed by atoms with Crippen LogP contribution in [-0.2, 0) is 30.8 Å². The minimum atomic E-state index is 0.0549. The number of aryl methyl sites for hydroxylation is 2. The number of aromatic nitrogens is 3. The number of nitrogens with zero attached hydrogens (tertiary/aromatic N) is 4. The fourth-order valence-electron chi connectivity index (χ4n) is 2.66. The van der Waals surface area contributed by atoms with Crippen LogP contribution in [0.4, 0.5) is 0 Å². The van der Waals surface area contributed by atoms with Crippen LogP contribution < -0.4 is 0 Å². The van der Waals surface area contributed by atoms with Gasteiger partial charge in [0, 0.05) is 17.0 Å². The summed E-state index contributed by atoms with van der Waals surface area (Å²) in [6, 6.07) is 0. The molecule has 21 heavy (non-hydrogen) atoms. The van der Waals surface area contributed by atoms with E-state index < -0.39 is 0 Å². The van der Waals surface area contributed by atoms with Crippen LogP contribution in [-0.4, -0.2) is 37.3 Å². The summed E-state index contributed by atoms with van der Waals surface area (Å²) >= 11 is 1.63. The van der Waals surface area contributed by atoms with Crippen molar-refractivity contribution in [3.63, 3.8) is 0 Å². The molecule has 0 saturated heterocycles. The number of amides is 1. The Labute approximate surface area is 127 Å². The van der Waals surface area contributed by atoms with Gasteiger partial charge in [0.2, 0.25) is 5.91 Å². The largest absolute Gasteiger partial charge is 0.394 e. The molecule has 0 saturated carbocycles. The summed E-state index contributed by atoms with van der Waals surface area (Å²) in [5.74, 6) is 0.0927. The van der Waals surface area contributed by atoms with Crippen molar-refractivity contribution in [3.05, 3.63) is 33.0 Å². The quantitative estimate of drug-likeness (QED) is 0.916. The first kappa shape index (κ1) is 14.2. The molecule has 1 aliphatic heterocycles. The third-order valence-corrected chi connectivity index (χ3v) is 4.65. The number of rotatable bonds is 4. The Morgan fingerprint density at radius 3 is 2.90 bits per heavy atom. The number of carbonyl (C=O) groups excluding carboxylic acids is 1. The van der Waals surface area contributed by atoms with Crippen molar-refractivity contribution >= 4 is 17.2 Å². The van der Waals surface area contributed by atoms with Gasteiger partial charge in [-0.3, -0.25) is 9.48 Å². The highest BCUT2D eigenvalue weighted by molar-refractivity contribution is 7.11. The Bertz CT molecular complexity index is 677. The van der Waals surface area contributed by atoms with E-state index in [4.69, 9.17) is 5.11 Å². The molecule has 0 bridgehead atoms. The lowest BCUT2D eigenvalue weighted by atomic mass is 10.2. The summed E-state index contributed by atoms with van der Waals surface area (Å²) in [6.07, 6.45) is 2.14. The molecule has 0 aliphatic carbocycles. The van der Waals surface area contributed by atoms with E-state index in [9.17, 15) is 4.79 Å². The fourth-order valence-corrected chi connectivity index (χ4v) is 3.50. The molecule has 0 aromatic carbocycles. The van der Waals surface area contributed by atoms with Crippen molar-refractivity contribution in [3.8, 4) is 0 Å². The molecule has 3 heterocycles. The molecule has 1 N–H and O–H groups in total. The SMILES string of the molecule is Cc1nc(CC(=O)N2Cc3cnn(CCO)c3C2)c(C)s1. The molecule has 1 amide bonds. The number of hydrogen-bond acceptors (Lipinski definition) is 5. The lowest BCUT2D eigenvalue weighted by molar-refractivity contribution is -0.131. The van der Waals surface area contributed by atoms with E-state index in [1.54, 1.807) is 22.2 Å². The number of aliphatic hydroxyl groups is 1. The molecule has 2 aromatic rings. The van der Waals surface area contributed by atoms with E-state index in [0.717, 1.165) is 26.8 Å². The summed E-state index contributed by atoms with van der Waals surface area (Å²) < 4.78 is 1.78. The molecule has 0 atom stereocenters. The zero-order chi connectivity index (χ0) is 15.0. The minimum absolute atomic E-state index is 0.0549. The molecule has 7 heteroatoms. The molecular weight excluding hydrogens is 288 g/mol. The number of hydrogen-bond donors (Lipinski definition) is 1. The number of carbonyl (C=O) groups is 1. The molecule has 0 fully saturated rings. The van der Waals surface area contributed by atoms with Crippen LogP contribution in [0, 0.1) is 13.8 Å². The van der Waals surface area contributed by atoms with Gasteiger partial charge in [0.25, 0.3) is 0 Å². The maximum atomic E-state index is 12.4. The average Bonchev–Trinajstić information content (AvgIpc) is 3.07. The van der Waals surface area contributed by atoms with Gasteiger partial charge in [-0.25, -0.2) is 4.98 Å². The second kappa shape index (κ2) is 5.57. The highest BCUT2D eigenvalue weighted by Gasteiger charge is 2.27. The Kier molecular flexibility index (Phi) is 3.77. The van der Waals surface area contributed by atoms with Gasteiger partial charge in [-0.15, -0.1) is 11.3 Å². The van der Waals surface area contributed by atoms with Crippen LogP contribution in [0.25, 0.3) is 0 Å². The first-order valence-electron chi connectivity index (χ1n) is 6.93.